The van der Waals surface area contributed by atoms with Gasteiger partial charge < -0.3 is 9.67 Å². The standard InChI is InChI=1S/C17H22N2O2/c1-2-4-12-7-9-13(10-8-12)19-11-18-16-14(17(20)21)5-3-6-15(16)19/h3,5-6,11-13H,2,4,7-10H2,1H3,(H,20,21). The number of fused-ring (bicyclic) bond motifs is 1. The molecular formula is C17H22N2O2. The molecule has 0 amide bonds. The number of hydrogen-bond donors (Lipinski definition) is 1. The molecule has 0 saturated heterocycles. The molecule has 1 heterocycles. The molecule has 0 spiro atoms. The van der Waals surface area contributed by atoms with Crippen molar-refractivity contribution < 1.29 is 9.90 Å². The second-order valence-electron chi connectivity index (χ2n) is 6.09. The summed E-state index contributed by atoms with van der Waals surface area (Å²) in [6.07, 6.45) is 9.32. The molecule has 1 fully saturated rings. The van der Waals surface area contributed by atoms with Crippen LogP contribution in [0.3, 0.4) is 0 Å². The zero-order valence-electron chi connectivity index (χ0n) is 12.5. The second kappa shape index (κ2) is 5.88. The number of para-hydroxylation sites is 1. The Morgan fingerprint density at radius 3 is 2.76 bits per heavy atom. The molecule has 4 nitrogen and oxygen atoms in total. The molecule has 0 bridgehead atoms. The van der Waals surface area contributed by atoms with Gasteiger partial charge in [-0.2, -0.15) is 0 Å². The molecule has 1 aliphatic carbocycles. The highest BCUT2D eigenvalue weighted by atomic mass is 16.4. The Morgan fingerprint density at radius 2 is 2.10 bits per heavy atom. The van der Waals surface area contributed by atoms with Gasteiger partial charge in [0.2, 0.25) is 0 Å². The number of imidazole rings is 1. The summed E-state index contributed by atoms with van der Waals surface area (Å²) >= 11 is 0. The third-order valence-electron chi connectivity index (χ3n) is 4.74. The van der Waals surface area contributed by atoms with Gasteiger partial charge in [0.1, 0.15) is 5.52 Å². The first-order chi connectivity index (χ1) is 10.2. The second-order valence-corrected chi connectivity index (χ2v) is 6.09. The van der Waals surface area contributed by atoms with E-state index in [1.54, 1.807) is 6.07 Å². The first kappa shape index (κ1) is 14.1. The predicted molar refractivity (Wildman–Crippen MR) is 82.6 cm³/mol. The third-order valence-corrected chi connectivity index (χ3v) is 4.74. The highest BCUT2D eigenvalue weighted by Gasteiger charge is 2.23. The highest BCUT2D eigenvalue weighted by Crippen LogP contribution is 2.36. The topological polar surface area (TPSA) is 55.1 Å². The third kappa shape index (κ3) is 2.67. The van der Waals surface area contributed by atoms with E-state index >= 15 is 0 Å². The Morgan fingerprint density at radius 1 is 1.33 bits per heavy atom. The van der Waals surface area contributed by atoms with Gasteiger partial charge in [-0.25, -0.2) is 9.78 Å². The van der Waals surface area contributed by atoms with Crippen LogP contribution in [0.2, 0.25) is 0 Å². The number of aromatic carboxylic acids is 1. The molecule has 0 unspecified atom stereocenters. The van der Waals surface area contributed by atoms with Gasteiger partial charge in [-0.05, 0) is 43.7 Å². The van der Waals surface area contributed by atoms with Crippen LogP contribution in [0.25, 0.3) is 11.0 Å². The minimum absolute atomic E-state index is 0.297. The van der Waals surface area contributed by atoms with Gasteiger partial charge in [-0.1, -0.05) is 25.8 Å². The molecule has 0 aliphatic heterocycles. The summed E-state index contributed by atoms with van der Waals surface area (Å²) in [6.45, 7) is 2.25. The molecule has 2 aromatic rings. The van der Waals surface area contributed by atoms with Crippen molar-refractivity contribution in [1.29, 1.82) is 0 Å². The number of rotatable bonds is 4. The largest absolute Gasteiger partial charge is 0.478 e. The van der Waals surface area contributed by atoms with Gasteiger partial charge in [0.05, 0.1) is 17.4 Å². The van der Waals surface area contributed by atoms with Crippen LogP contribution in [0.15, 0.2) is 24.5 Å². The summed E-state index contributed by atoms with van der Waals surface area (Å²) in [4.78, 5) is 15.6. The van der Waals surface area contributed by atoms with E-state index in [0.29, 0.717) is 17.1 Å². The van der Waals surface area contributed by atoms with E-state index in [2.05, 4.69) is 16.5 Å². The van der Waals surface area contributed by atoms with Gasteiger partial charge in [0.25, 0.3) is 0 Å². The minimum Gasteiger partial charge on any atom is -0.478 e. The van der Waals surface area contributed by atoms with Gasteiger partial charge in [-0.15, -0.1) is 0 Å². The number of nitrogens with zero attached hydrogens (tertiary/aromatic N) is 2. The van der Waals surface area contributed by atoms with E-state index in [1.807, 2.05) is 18.5 Å². The summed E-state index contributed by atoms with van der Waals surface area (Å²) in [5.41, 5.74) is 1.86. The average molecular weight is 286 g/mol. The van der Waals surface area contributed by atoms with Crippen LogP contribution >= 0.6 is 0 Å². The van der Waals surface area contributed by atoms with Gasteiger partial charge in [-0.3, -0.25) is 0 Å². The van der Waals surface area contributed by atoms with E-state index in [9.17, 15) is 9.90 Å². The molecule has 1 N–H and O–H groups in total. The number of hydrogen-bond acceptors (Lipinski definition) is 2. The van der Waals surface area contributed by atoms with Crippen molar-refractivity contribution in [1.82, 2.24) is 9.55 Å². The zero-order valence-corrected chi connectivity index (χ0v) is 12.5. The van der Waals surface area contributed by atoms with Crippen molar-refractivity contribution in [2.45, 2.75) is 51.5 Å². The van der Waals surface area contributed by atoms with Crippen molar-refractivity contribution in [2.75, 3.05) is 0 Å². The maximum absolute atomic E-state index is 11.3. The van der Waals surface area contributed by atoms with Crippen LogP contribution in [-0.2, 0) is 0 Å². The Hall–Kier alpha value is -1.84. The fraction of sp³-hybridized carbons (Fsp3) is 0.529. The van der Waals surface area contributed by atoms with Crippen molar-refractivity contribution in [3.8, 4) is 0 Å². The number of carboxylic acids is 1. The summed E-state index contributed by atoms with van der Waals surface area (Å²) in [6, 6.07) is 5.88. The van der Waals surface area contributed by atoms with Crippen LogP contribution in [0.4, 0.5) is 0 Å². The van der Waals surface area contributed by atoms with Crippen LogP contribution in [0, 0.1) is 5.92 Å². The maximum atomic E-state index is 11.3. The van der Waals surface area contributed by atoms with Gasteiger partial charge in [0.15, 0.2) is 0 Å². The Bertz CT molecular complexity index is 639. The molecule has 1 saturated carbocycles. The number of carboxylic acid groups (broad SMARTS) is 1. The van der Waals surface area contributed by atoms with E-state index in [1.165, 1.54) is 38.5 Å². The average Bonchev–Trinajstić information content (AvgIpc) is 2.92. The molecule has 112 valence electrons. The predicted octanol–water partition coefficient (Wildman–Crippen LogP) is 4.27. The van der Waals surface area contributed by atoms with E-state index in [4.69, 9.17) is 0 Å². The monoisotopic (exact) mass is 286 g/mol. The Labute approximate surface area is 124 Å². The normalized spacial score (nSPS) is 22.5. The minimum atomic E-state index is -0.905. The summed E-state index contributed by atoms with van der Waals surface area (Å²) in [5.74, 6) is -0.0341. The molecule has 0 atom stereocenters. The lowest BCUT2D eigenvalue weighted by Crippen LogP contribution is -2.17. The number of benzene rings is 1. The molecule has 1 aliphatic rings. The number of aromatic nitrogens is 2. The van der Waals surface area contributed by atoms with Crippen molar-refractivity contribution >= 4 is 17.0 Å². The molecule has 1 aromatic heterocycles. The van der Waals surface area contributed by atoms with Crippen LogP contribution < -0.4 is 0 Å². The molecule has 1 aromatic carbocycles. The fourth-order valence-electron chi connectivity index (χ4n) is 3.64. The van der Waals surface area contributed by atoms with E-state index < -0.39 is 5.97 Å². The molecule has 4 heteroatoms. The van der Waals surface area contributed by atoms with Crippen molar-refractivity contribution in [3.63, 3.8) is 0 Å². The molecule has 0 radical (unpaired) electrons. The van der Waals surface area contributed by atoms with Crippen molar-refractivity contribution in [2.24, 2.45) is 5.92 Å². The Balaban J connectivity index is 1.86. The highest BCUT2D eigenvalue weighted by molar-refractivity contribution is 6.00. The summed E-state index contributed by atoms with van der Waals surface area (Å²) in [7, 11) is 0. The van der Waals surface area contributed by atoms with Gasteiger partial charge >= 0.3 is 5.97 Å². The van der Waals surface area contributed by atoms with E-state index in [0.717, 1.165) is 11.4 Å². The lowest BCUT2D eigenvalue weighted by atomic mass is 9.83. The first-order valence-corrected chi connectivity index (χ1v) is 7.89. The van der Waals surface area contributed by atoms with E-state index in [-0.39, 0.29) is 0 Å². The molecule has 21 heavy (non-hydrogen) atoms. The fourth-order valence-corrected chi connectivity index (χ4v) is 3.64. The van der Waals surface area contributed by atoms with Gasteiger partial charge in [0, 0.05) is 6.04 Å². The quantitative estimate of drug-likeness (QED) is 0.913. The summed E-state index contributed by atoms with van der Waals surface area (Å²) < 4.78 is 2.18. The maximum Gasteiger partial charge on any atom is 0.337 e. The van der Waals surface area contributed by atoms with Crippen LogP contribution in [-0.4, -0.2) is 20.6 Å². The first-order valence-electron chi connectivity index (χ1n) is 7.89. The van der Waals surface area contributed by atoms with Crippen molar-refractivity contribution in [3.05, 3.63) is 30.1 Å². The Kier molecular flexibility index (Phi) is 3.95. The SMILES string of the molecule is CCCC1CCC(n2cnc3c(C(=O)O)cccc32)CC1. The van der Waals surface area contributed by atoms with Crippen LogP contribution in [0.1, 0.15) is 61.8 Å². The number of carbonyl (C=O) groups is 1. The van der Waals surface area contributed by atoms with Crippen LogP contribution in [0.5, 0.6) is 0 Å². The molecule has 3 rings (SSSR count). The lowest BCUT2D eigenvalue weighted by Gasteiger charge is -2.29. The zero-order chi connectivity index (χ0) is 14.8. The smallest absolute Gasteiger partial charge is 0.337 e. The molecular weight excluding hydrogens is 264 g/mol. The lowest BCUT2D eigenvalue weighted by molar-refractivity contribution is 0.0699. The summed E-state index contributed by atoms with van der Waals surface area (Å²) in [5, 5.41) is 9.25.